The standard InChI is InChI=1S/C17H23N3O/c1-4-12(3)11-19-17(21)16-10-15(18-5-2)13-8-6-7-9-14(13)20-16/h6-10,12H,4-5,11H2,1-3H3,(H,18,20)(H,19,21). The van der Waals surface area contributed by atoms with Gasteiger partial charge in [0, 0.05) is 24.2 Å². The molecule has 0 radical (unpaired) electrons. The normalized spacial score (nSPS) is 12.1. The molecule has 2 N–H and O–H groups in total. The van der Waals surface area contributed by atoms with Crippen LogP contribution in [0.15, 0.2) is 30.3 Å². The zero-order chi connectivity index (χ0) is 15.2. The molecule has 112 valence electrons. The second kappa shape index (κ2) is 7.07. The minimum atomic E-state index is -0.111. The predicted octanol–water partition coefficient (Wildman–Crippen LogP) is 3.44. The molecule has 0 bridgehead atoms. The zero-order valence-electron chi connectivity index (χ0n) is 12.9. The maximum absolute atomic E-state index is 12.3. The van der Waals surface area contributed by atoms with Crippen LogP contribution in [0.1, 0.15) is 37.7 Å². The van der Waals surface area contributed by atoms with E-state index in [9.17, 15) is 4.79 Å². The molecule has 4 heteroatoms. The van der Waals surface area contributed by atoms with Crippen LogP contribution < -0.4 is 10.6 Å². The Balaban J connectivity index is 2.29. The summed E-state index contributed by atoms with van der Waals surface area (Å²) in [4.78, 5) is 16.7. The van der Waals surface area contributed by atoms with Crippen molar-refractivity contribution in [3.8, 4) is 0 Å². The highest BCUT2D eigenvalue weighted by atomic mass is 16.1. The molecule has 1 aromatic heterocycles. The van der Waals surface area contributed by atoms with E-state index in [0.29, 0.717) is 18.2 Å². The number of nitrogens with zero attached hydrogens (tertiary/aromatic N) is 1. The molecular formula is C17H23N3O. The van der Waals surface area contributed by atoms with Crippen LogP contribution in [0.4, 0.5) is 5.69 Å². The van der Waals surface area contributed by atoms with Crippen LogP contribution in [0.2, 0.25) is 0 Å². The number of pyridine rings is 1. The van der Waals surface area contributed by atoms with Gasteiger partial charge in [0.05, 0.1) is 5.52 Å². The van der Waals surface area contributed by atoms with Crippen LogP contribution in [0, 0.1) is 5.92 Å². The van der Waals surface area contributed by atoms with Crippen molar-refractivity contribution in [2.45, 2.75) is 27.2 Å². The smallest absolute Gasteiger partial charge is 0.269 e. The molecule has 0 aliphatic heterocycles. The van der Waals surface area contributed by atoms with Gasteiger partial charge >= 0.3 is 0 Å². The Morgan fingerprint density at radius 2 is 2.05 bits per heavy atom. The minimum absolute atomic E-state index is 0.111. The second-order valence-electron chi connectivity index (χ2n) is 5.33. The summed E-state index contributed by atoms with van der Waals surface area (Å²) in [6.45, 7) is 7.77. The van der Waals surface area contributed by atoms with Crippen LogP contribution in [0.3, 0.4) is 0 Å². The molecule has 1 heterocycles. The molecule has 4 nitrogen and oxygen atoms in total. The summed E-state index contributed by atoms with van der Waals surface area (Å²) in [5.41, 5.74) is 2.26. The van der Waals surface area contributed by atoms with Gasteiger partial charge in [0.15, 0.2) is 0 Å². The lowest BCUT2D eigenvalue weighted by Crippen LogP contribution is -2.28. The highest BCUT2D eigenvalue weighted by Crippen LogP contribution is 2.23. The number of fused-ring (bicyclic) bond motifs is 1. The summed E-state index contributed by atoms with van der Waals surface area (Å²) in [6.07, 6.45) is 1.05. The van der Waals surface area contributed by atoms with E-state index in [1.807, 2.05) is 37.3 Å². The van der Waals surface area contributed by atoms with Gasteiger partial charge in [-0.15, -0.1) is 0 Å². The van der Waals surface area contributed by atoms with Crippen molar-refractivity contribution in [1.29, 1.82) is 0 Å². The average molecular weight is 285 g/mol. The largest absolute Gasteiger partial charge is 0.385 e. The Bertz CT molecular complexity index is 624. The fourth-order valence-electron chi connectivity index (χ4n) is 2.13. The van der Waals surface area contributed by atoms with Crippen molar-refractivity contribution in [3.63, 3.8) is 0 Å². The second-order valence-corrected chi connectivity index (χ2v) is 5.33. The number of benzene rings is 1. The first kappa shape index (κ1) is 15.3. The molecule has 1 unspecified atom stereocenters. The molecule has 1 atom stereocenters. The van der Waals surface area contributed by atoms with E-state index in [2.05, 4.69) is 29.5 Å². The molecule has 0 aliphatic carbocycles. The zero-order valence-corrected chi connectivity index (χ0v) is 12.9. The van der Waals surface area contributed by atoms with Crippen LogP contribution in [0.5, 0.6) is 0 Å². The van der Waals surface area contributed by atoms with Crippen LogP contribution in [-0.2, 0) is 0 Å². The number of aromatic nitrogens is 1. The lowest BCUT2D eigenvalue weighted by atomic mass is 10.1. The van der Waals surface area contributed by atoms with Gasteiger partial charge in [-0.1, -0.05) is 38.5 Å². The van der Waals surface area contributed by atoms with E-state index in [4.69, 9.17) is 0 Å². The van der Waals surface area contributed by atoms with Gasteiger partial charge < -0.3 is 10.6 Å². The first-order valence-electron chi connectivity index (χ1n) is 7.57. The summed E-state index contributed by atoms with van der Waals surface area (Å²) in [5.74, 6) is 0.364. The van der Waals surface area contributed by atoms with Gasteiger partial charge in [-0.3, -0.25) is 4.79 Å². The van der Waals surface area contributed by atoms with Crippen LogP contribution >= 0.6 is 0 Å². The van der Waals surface area contributed by atoms with Gasteiger partial charge in [-0.2, -0.15) is 0 Å². The van der Waals surface area contributed by atoms with Gasteiger partial charge in [-0.25, -0.2) is 4.98 Å². The van der Waals surface area contributed by atoms with Crippen molar-refractivity contribution in [3.05, 3.63) is 36.0 Å². The van der Waals surface area contributed by atoms with Crippen molar-refractivity contribution < 1.29 is 4.79 Å². The Hall–Kier alpha value is -2.10. The number of hydrogen-bond acceptors (Lipinski definition) is 3. The first-order valence-corrected chi connectivity index (χ1v) is 7.57. The molecule has 0 saturated carbocycles. The molecule has 1 aromatic carbocycles. The Labute approximate surface area is 126 Å². The number of amides is 1. The number of rotatable bonds is 6. The SMILES string of the molecule is CCNc1cc(C(=O)NCC(C)CC)nc2ccccc12. The van der Waals surface area contributed by atoms with Crippen LogP contribution in [0.25, 0.3) is 10.9 Å². The number of hydrogen-bond donors (Lipinski definition) is 2. The topological polar surface area (TPSA) is 54.0 Å². The quantitative estimate of drug-likeness (QED) is 0.854. The molecular weight excluding hydrogens is 262 g/mol. The predicted molar refractivity (Wildman–Crippen MR) is 87.7 cm³/mol. The van der Waals surface area contributed by atoms with E-state index in [1.165, 1.54) is 0 Å². The third-order valence-electron chi connectivity index (χ3n) is 3.62. The molecule has 2 rings (SSSR count). The number of para-hydroxylation sites is 1. The lowest BCUT2D eigenvalue weighted by molar-refractivity contribution is 0.0943. The van der Waals surface area contributed by atoms with Crippen molar-refractivity contribution in [2.24, 2.45) is 5.92 Å². The first-order chi connectivity index (χ1) is 10.2. The fraction of sp³-hybridized carbons (Fsp3) is 0.412. The molecule has 21 heavy (non-hydrogen) atoms. The number of nitrogens with one attached hydrogen (secondary N) is 2. The fourth-order valence-corrected chi connectivity index (χ4v) is 2.13. The van der Waals surface area contributed by atoms with Gasteiger partial charge in [0.25, 0.3) is 5.91 Å². The Morgan fingerprint density at radius 1 is 1.29 bits per heavy atom. The van der Waals surface area contributed by atoms with E-state index in [1.54, 1.807) is 0 Å². The number of carbonyl (C=O) groups excluding carboxylic acids is 1. The average Bonchev–Trinajstić information content (AvgIpc) is 2.52. The maximum atomic E-state index is 12.3. The van der Waals surface area contributed by atoms with Crippen molar-refractivity contribution >= 4 is 22.5 Å². The van der Waals surface area contributed by atoms with Gasteiger partial charge in [0.1, 0.15) is 5.69 Å². The molecule has 0 saturated heterocycles. The summed E-state index contributed by atoms with van der Waals surface area (Å²) < 4.78 is 0. The summed E-state index contributed by atoms with van der Waals surface area (Å²) in [5, 5.41) is 7.30. The number of anilines is 1. The summed E-state index contributed by atoms with van der Waals surface area (Å²) in [7, 11) is 0. The molecule has 0 spiro atoms. The van der Waals surface area contributed by atoms with E-state index in [0.717, 1.165) is 29.6 Å². The highest BCUT2D eigenvalue weighted by Gasteiger charge is 2.12. The minimum Gasteiger partial charge on any atom is -0.385 e. The Morgan fingerprint density at radius 3 is 2.76 bits per heavy atom. The Kier molecular flexibility index (Phi) is 5.14. The van der Waals surface area contributed by atoms with E-state index < -0.39 is 0 Å². The molecule has 0 aliphatic rings. The third-order valence-corrected chi connectivity index (χ3v) is 3.62. The lowest BCUT2D eigenvalue weighted by Gasteiger charge is -2.12. The molecule has 1 amide bonds. The van der Waals surface area contributed by atoms with E-state index in [-0.39, 0.29) is 5.91 Å². The maximum Gasteiger partial charge on any atom is 0.269 e. The monoisotopic (exact) mass is 285 g/mol. The van der Waals surface area contributed by atoms with Crippen LogP contribution in [-0.4, -0.2) is 24.0 Å². The van der Waals surface area contributed by atoms with E-state index >= 15 is 0 Å². The summed E-state index contributed by atoms with van der Waals surface area (Å²) in [6, 6.07) is 9.69. The van der Waals surface area contributed by atoms with Crippen molar-refractivity contribution in [1.82, 2.24) is 10.3 Å². The molecule has 2 aromatic rings. The number of carbonyl (C=O) groups is 1. The van der Waals surface area contributed by atoms with Gasteiger partial charge in [-0.05, 0) is 25.0 Å². The molecule has 0 fully saturated rings. The van der Waals surface area contributed by atoms with Gasteiger partial charge in [0.2, 0.25) is 0 Å². The third kappa shape index (κ3) is 3.72. The summed E-state index contributed by atoms with van der Waals surface area (Å²) >= 11 is 0. The van der Waals surface area contributed by atoms with Crippen molar-refractivity contribution in [2.75, 3.05) is 18.4 Å². The highest BCUT2D eigenvalue weighted by molar-refractivity contribution is 5.99.